The normalized spacial score (nSPS) is 15.5. The summed E-state index contributed by atoms with van der Waals surface area (Å²) >= 11 is 2.03. The first-order chi connectivity index (χ1) is 10.1. The summed E-state index contributed by atoms with van der Waals surface area (Å²) in [6.45, 7) is 7.46. The molecule has 0 saturated carbocycles. The summed E-state index contributed by atoms with van der Waals surface area (Å²) in [4.78, 5) is 4.42. The maximum Gasteiger partial charge on any atom is 0.265 e. The van der Waals surface area contributed by atoms with Crippen molar-refractivity contribution >= 4 is 32.9 Å². The monoisotopic (exact) mass is 393 g/mol. The zero-order chi connectivity index (χ0) is 16.7. The molecule has 0 aromatic carbocycles. The number of hydrogen-bond acceptors (Lipinski definition) is 3. The van der Waals surface area contributed by atoms with E-state index in [1.165, 1.54) is 12.3 Å². The van der Waals surface area contributed by atoms with Crippen molar-refractivity contribution in [2.45, 2.75) is 44.9 Å². The van der Waals surface area contributed by atoms with Crippen molar-refractivity contribution < 1.29 is 13.3 Å². The second-order valence-corrected chi connectivity index (χ2v) is 8.89. The molecule has 0 aliphatic carbocycles. The van der Waals surface area contributed by atoms with Crippen LogP contribution >= 0.6 is 15.9 Å². The first-order valence-electron chi connectivity index (χ1n) is 6.74. The number of fused-ring (bicyclic) bond motifs is 1. The Balaban J connectivity index is 2.31. The van der Waals surface area contributed by atoms with E-state index >= 15 is 0 Å². The van der Waals surface area contributed by atoms with Gasteiger partial charge in [-0.2, -0.15) is 0 Å². The molecule has 22 heavy (non-hydrogen) atoms. The molecule has 122 valence electrons. The van der Waals surface area contributed by atoms with Crippen LogP contribution < -0.4 is 4.72 Å². The van der Waals surface area contributed by atoms with Crippen LogP contribution in [-0.2, 0) is 11.4 Å². The molecule has 0 radical (unpaired) electrons. The SMILES string of the molecule is C[C@@H](N[S@@+]([O-])C(C)(C)C)c1cn2cc(C(F)F)cc(Br)c2n1. The fourth-order valence-corrected chi connectivity index (χ4v) is 3.18. The van der Waals surface area contributed by atoms with Crippen LogP contribution in [0.15, 0.2) is 22.9 Å². The van der Waals surface area contributed by atoms with Crippen LogP contribution in [-0.4, -0.2) is 18.7 Å². The van der Waals surface area contributed by atoms with Crippen LogP contribution in [0.25, 0.3) is 5.65 Å². The minimum atomic E-state index is -2.55. The Morgan fingerprint density at radius 2 is 2.00 bits per heavy atom. The second-order valence-electron chi connectivity index (χ2n) is 6.04. The highest BCUT2D eigenvalue weighted by Gasteiger charge is 2.29. The van der Waals surface area contributed by atoms with E-state index in [1.807, 2.05) is 27.7 Å². The van der Waals surface area contributed by atoms with Gasteiger partial charge >= 0.3 is 0 Å². The number of nitrogens with one attached hydrogen (secondary N) is 1. The van der Waals surface area contributed by atoms with E-state index in [-0.39, 0.29) is 11.6 Å². The molecule has 8 heteroatoms. The molecule has 0 aliphatic rings. The van der Waals surface area contributed by atoms with Gasteiger partial charge in [0.05, 0.1) is 16.2 Å². The molecular weight excluding hydrogens is 376 g/mol. The Morgan fingerprint density at radius 3 is 2.55 bits per heavy atom. The Morgan fingerprint density at radius 1 is 1.36 bits per heavy atom. The molecule has 0 aliphatic heterocycles. The fraction of sp³-hybridized carbons (Fsp3) is 0.500. The van der Waals surface area contributed by atoms with Gasteiger partial charge in [0, 0.05) is 29.3 Å². The minimum Gasteiger partial charge on any atom is -0.598 e. The lowest BCUT2D eigenvalue weighted by molar-refractivity contribution is 0.151. The molecule has 2 atom stereocenters. The third kappa shape index (κ3) is 3.79. The molecule has 2 aromatic heterocycles. The van der Waals surface area contributed by atoms with Gasteiger partial charge in [-0.1, -0.05) is 0 Å². The van der Waals surface area contributed by atoms with E-state index in [1.54, 1.807) is 10.6 Å². The van der Waals surface area contributed by atoms with E-state index in [4.69, 9.17) is 0 Å². The van der Waals surface area contributed by atoms with Crippen molar-refractivity contribution in [3.8, 4) is 0 Å². The van der Waals surface area contributed by atoms with Gasteiger partial charge in [-0.25, -0.2) is 13.8 Å². The third-order valence-corrected chi connectivity index (χ3v) is 5.35. The number of rotatable bonds is 4. The van der Waals surface area contributed by atoms with Crippen LogP contribution in [0, 0.1) is 0 Å². The molecule has 0 spiro atoms. The topological polar surface area (TPSA) is 52.4 Å². The molecule has 0 amide bonds. The number of halogens is 3. The summed E-state index contributed by atoms with van der Waals surface area (Å²) in [7, 11) is 0. The maximum atomic E-state index is 12.8. The predicted molar refractivity (Wildman–Crippen MR) is 87.3 cm³/mol. The number of nitrogens with zero attached hydrogens (tertiary/aromatic N) is 2. The molecule has 0 saturated heterocycles. The quantitative estimate of drug-likeness (QED) is 0.793. The van der Waals surface area contributed by atoms with Gasteiger partial charge in [0.2, 0.25) is 0 Å². The molecule has 2 aromatic rings. The van der Waals surface area contributed by atoms with Gasteiger partial charge in [0.15, 0.2) is 5.65 Å². The highest BCUT2D eigenvalue weighted by atomic mass is 79.9. The molecule has 0 fully saturated rings. The molecule has 2 heterocycles. The average Bonchev–Trinajstić information content (AvgIpc) is 2.81. The van der Waals surface area contributed by atoms with Crippen molar-refractivity contribution in [3.63, 3.8) is 0 Å². The van der Waals surface area contributed by atoms with Gasteiger partial charge in [-0.3, -0.25) is 0 Å². The van der Waals surface area contributed by atoms with Crippen LogP contribution in [0.4, 0.5) is 8.78 Å². The first-order valence-corrected chi connectivity index (χ1v) is 8.68. The highest BCUT2D eigenvalue weighted by Crippen LogP contribution is 2.27. The summed E-state index contributed by atoms with van der Waals surface area (Å²) in [6.07, 6.45) is 0.480. The van der Waals surface area contributed by atoms with Crippen molar-refractivity contribution in [2.24, 2.45) is 0 Å². The van der Waals surface area contributed by atoms with E-state index in [0.29, 0.717) is 15.8 Å². The van der Waals surface area contributed by atoms with Crippen LogP contribution in [0.3, 0.4) is 0 Å². The van der Waals surface area contributed by atoms with Gasteiger partial charge < -0.3 is 8.95 Å². The Bertz CT molecular complexity index is 672. The maximum absolute atomic E-state index is 12.8. The van der Waals surface area contributed by atoms with Crippen LogP contribution in [0.2, 0.25) is 0 Å². The lowest BCUT2D eigenvalue weighted by Gasteiger charge is -2.25. The molecule has 0 unspecified atom stereocenters. The van der Waals surface area contributed by atoms with Gasteiger partial charge in [-0.05, 0) is 49.7 Å². The van der Waals surface area contributed by atoms with Gasteiger partial charge in [0.1, 0.15) is 4.75 Å². The van der Waals surface area contributed by atoms with Crippen molar-refractivity contribution in [1.82, 2.24) is 14.1 Å². The smallest absolute Gasteiger partial charge is 0.265 e. The zero-order valence-electron chi connectivity index (χ0n) is 12.7. The molecule has 2 rings (SSSR count). The van der Waals surface area contributed by atoms with Crippen molar-refractivity contribution in [1.29, 1.82) is 0 Å². The second kappa shape index (κ2) is 6.43. The lowest BCUT2D eigenvalue weighted by atomic mass is 10.3. The molecule has 1 N–H and O–H groups in total. The van der Waals surface area contributed by atoms with E-state index in [0.717, 1.165) is 0 Å². The van der Waals surface area contributed by atoms with Crippen LogP contribution in [0.5, 0.6) is 0 Å². The largest absolute Gasteiger partial charge is 0.598 e. The Kier molecular flexibility index (Phi) is 5.16. The van der Waals surface area contributed by atoms with Crippen molar-refractivity contribution in [2.75, 3.05) is 0 Å². The molecular formula is C14H18BrF2N3OS. The van der Waals surface area contributed by atoms with E-state index < -0.39 is 22.5 Å². The number of imidazole rings is 1. The zero-order valence-corrected chi connectivity index (χ0v) is 15.1. The Hall–Kier alpha value is -0.700. The lowest BCUT2D eigenvalue weighted by Crippen LogP contribution is -2.40. The van der Waals surface area contributed by atoms with E-state index in [9.17, 15) is 13.3 Å². The third-order valence-electron chi connectivity index (χ3n) is 3.08. The van der Waals surface area contributed by atoms with Crippen LogP contribution in [0.1, 0.15) is 51.4 Å². The predicted octanol–water partition coefficient (Wildman–Crippen LogP) is 4.15. The first kappa shape index (κ1) is 17.7. The summed E-state index contributed by atoms with van der Waals surface area (Å²) < 4.78 is 42.5. The summed E-state index contributed by atoms with van der Waals surface area (Å²) in [6, 6.07) is 1.10. The van der Waals surface area contributed by atoms with E-state index in [2.05, 4.69) is 25.6 Å². The summed E-state index contributed by atoms with van der Waals surface area (Å²) in [5.74, 6) is 0. The average molecular weight is 394 g/mol. The number of alkyl halides is 2. The minimum absolute atomic E-state index is 0.0813. The molecule has 4 nitrogen and oxygen atoms in total. The standard InChI is InChI=1S/C14H18BrF2N3OS/c1-8(19-22(21)14(2,3)4)11-7-20-6-9(12(16)17)5-10(15)13(20)18-11/h5-8,12,19H,1-4H3/t8-,22+/m1/s1. The summed E-state index contributed by atoms with van der Waals surface area (Å²) in [5, 5.41) is 0. The highest BCUT2D eigenvalue weighted by molar-refractivity contribution is 9.10. The fourth-order valence-electron chi connectivity index (χ4n) is 1.82. The number of pyridine rings is 1. The number of aromatic nitrogens is 2. The molecule has 0 bridgehead atoms. The van der Waals surface area contributed by atoms with Crippen molar-refractivity contribution in [3.05, 3.63) is 34.2 Å². The Labute approximate surface area is 139 Å². The van der Waals surface area contributed by atoms with Gasteiger partial charge in [-0.15, -0.1) is 4.72 Å². The number of hydrogen-bond donors (Lipinski definition) is 1. The summed E-state index contributed by atoms with van der Waals surface area (Å²) in [5.41, 5.74) is 1.11. The van der Waals surface area contributed by atoms with Gasteiger partial charge in [0.25, 0.3) is 6.43 Å².